The zero-order valence-electron chi connectivity index (χ0n) is 13.3. The largest absolute Gasteiger partial charge is 0.497 e. The number of nitrogens with one attached hydrogen (secondary N) is 2. The smallest absolute Gasteiger partial charge is 0.292 e. The third kappa shape index (κ3) is 3.26. The highest BCUT2D eigenvalue weighted by molar-refractivity contribution is 6.00. The average molecular weight is 312 g/mol. The van der Waals surface area contributed by atoms with Gasteiger partial charge >= 0.3 is 0 Å². The molecule has 120 valence electrons. The first kappa shape index (κ1) is 15.3. The lowest BCUT2D eigenvalue weighted by Crippen LogP contribution is -2.21. The summed E-state index contributed by atoms with van der Waals surface area (Å²) in [6.45, 7) is 1.85. The van der Waals surface area contributed by atoms with E-state index in [1.165, 1.54) is 0 Å². The molecule has 1 aliphatic carbocycles. The van der Waals surface area contributed by atoms with Crippen molar-refractivity contribution in [2.75, 3.05) is 7.11 Å². The van der Waals surface area contributed by atoms with E-state index in [0.717, 1.165) is 54.0 Å². The van der Waals surface area contributed by atoms with Crippen LogP contribution in [0.1, 0.15) is 47.1 Å². The van der Waals surface area contributed by atoms with Gasteiger partial charge in [-0.15, -0.1) is 0 Å². The molecular formula is C17H20N4O2. The van der Waals surface area contributed by atoms with Crippen molar-refractivity contribution < 1.29 is 9.53 Å². The number of rotatable bonds is 4. The van der Waals surface area contributed by atoms with Crippen LogP contribution in [-0.2, 0) is 12.8 Å². The highest BCUT2D eigenvalue weighted by Crippen LogP contribution is 2.22. The molecule has 0 saturated heterocycles. The highest BCUT2D eigenvalue weighted by atomic mass is 16.5. The number of H-pyrrole nitrogens is 1. The summed E-state index contributed by atoms with van der Waals surface area (Å²) in [7, 11) is 1.63. The number of hydrogen-bond donors (Lipinski definition) is 2. The standard InChI is InChI=1S/C17H20N4O2/c1-11(12-7-9-13(23-2)10-8-12)18-21-17(22)16-14-5-3-4-6-15(14)19-20-16/h7-10H,3-6H2,1-2H3,(H,19,20)(H,21,22)/b18-11-. The monoisotopic (exact) mass is 312 g/mol. The van der Waals surface area contributed by atoms with Crippen LogP contribution in [0, 0.1) is 0 Å². The van der Waals surface area contributed by atoms with E-state index in [-0.39, 0.29) is 5.91 Å². The molecule has 0 unspecified atom stereocenters. The van der Waals surface area contributed by atoms with Crippen LogP contribution in [0.5, 0.6) is 5.75 Å². The molecule has 1 aromatic carbocycles. The maximum atomic E-state index is 12.3. The molecule has 1 aliphatic rings. The highest BCUT2D eigenvalue weighted by Gasteiger charge is 2.21. The molecule has 3 rings (SSSR count). The van der Waals surface area contributed by atoms with Gasteiger partial charge in [-0.2, -0.15) is 10.2 Å². The van der Waals surface area contributed by atoms with Gasteiger partial charge in [-0.3, -0.25) is 9.89 Å². The van der Waals surface area contributed by atoms with Crippen molar-refractivity contribution in [2.45, 2.75) is 32.6 Å². The SMILES string of the molecule is COc1ccc(/C(C)=N\NC(=O)c2n[nH]c3c2CCCC3)cc1. The third-order valence-corrected chi connectivity index (χ3v) is 4.10. The van der Waals surface area contributed by atoms with E-state index in [2.05, 4.69) is 20.7 Å². The molecule has 2 N–H and O–H groups in total. The number of fused-ring (bicyclic) bond motifs is 1. The maximum Gasteiger partial charge on any atom is 0.292 e. The number of methoxy groups -OCH3 is 1. The number of aryl methyl sites for hydroxylation is 1. The molecule has 0 atom stereocenters. The topological polar surface area (TPSA) is 79.4 Å². The summed E-state index contributed by atoms with van der Waals surface area (Å²) in [5.41, 5.74) is 6.83. The zero-order valence-corrected chi connectivity index (χ0v) is 13.3. The molecule has 0 fully saturated rings. The number of amides is 1. The van der Waals surface area contributed by atoms with Crippen molar-refractivity contribution >= 4 is 11.6 Å². The number of hydrogen-bond acceptors (Lipinski definition) is 4. The van der Waals surface area contributed by atoms with Gasteiger partial charge < -0.3 is 4.74 Å². The van der Waals surface area contributed by atoms with Gasteiger partial charge in [-0.1, -0.05) is 0 Å². The van der Waals surface area contributed by atoms with Crippen LogP contribution in [0.25, 0.3) is 0 Å². The molecule has 1 aromatic heterocycles. The second kappa shape index (κ2) is 6.64. The van der Waals surface area contributed by atoms with Gasteiger partial charge in [-0.05, 0) is 62.4 Å². The summed E-state index contributed by atoms with van der Waals surface area (Å²) in [5.74, 6) is 0.519. The van der Waals surface area contributed by atoms with Crippen molar-refractivity contribution in [3.05, 3.63) is 46.8 Å². The molecular weight excluding hydrogens is 292 g/mol. The summed E-state index contributed by atoms with van der Waals surface area (Å²) in [6.07, 6.45) is 4.10. The number of ether oxygens (including phenoxy) is 1. The van der Waals surface area contributed by atoms with Crippen LogP contribution in [0.4, 0.5) is 0 Å². The Kier molecular flexibility index (Phi) is 4.41. The summed E-state index contributed by atoms with van der Waals surface area (Å²) >= 11 is 0. The fourth-order valence-corrected chi connectivity index (χ4v) is 2.75. The molecule has 6 nitrogen and oxygen atoms in total. The first-order valence-corrected chi connectivity index (χ1v) is 7.74. The Labute approximate surface area is 134 Å². The average Bonchev–Trinajstić information content (AvgIpc) is 3.03. The maximum absolute atomic E-state index is 12.3. The second-order valence-electron chi connectivity index (χ2n) is 5.60. The van der Waals surface area contributed by atoms with Crippen LogP contribution in [0.3, 0.4) is 0 Å². The van der Waals surface area contributed by atoms with Crippen LogP contribution in [0.15, 0.2) is 29.4 Å². The van der Waals surface area contributed by atoms with E-state index < -0.39 is 0 Å². The molecule has 0 saturated carbocycles. The number of aromatic nitrogens is 2. The minimum Gasteiger partial charge on any atom is -0.497 e. The number of nitrogens with zero attached hydrogens (tertiary/aromatic N) is 2. The van der Waals surface area contributed by atoms with E-state index in [4.69, 9.17) is 4.74 Å². The summed E-state index contributed by atoms with van der Waals surface area (Å²) in [6, 6.07) is 7.53. The molecule has 2 aromatic rings. The molecule has 0 bridgehead atoms. The number of carbonyl (C=O) groups is 1. The lowest BCUT2D eigenvalue weighted by Gasteiger charge is -2.10. The van der Waals surface area contributed by atoms with E-state index in [1.807, 2.05) is 31.2 Å². The lowest BCUT2D eigenvalue weighted by molar-refractivity contribution is 0.0949. The predicted molar refractivity (Wildman–Crippen MR) is 87.9 cm³/mol. The van der Waals surface area contributed by atoms with Gasteiger partial charge in [0.25, 0.3) is 5.91 Å². The Morgan fingerprint density at radius 3 is 2.74 bits per heavy atom. The summed E-state index contributed by atoms with van der Waals surface area (Å²) in [4.78, 5) is 12.3. The van der Waals surface area contributed by atoms with Gasteiger partial charge in [0.05, 0.1) is 12.8 Å². The first-order chi connectivity index (χ1) is 11.2. The van der Waals surface area contributed by atoms with Crippen LogP contribution < -0.4 is 10.2 Å². The van der Waals surface area contributed by atoms with Gasteiger partial charge in [0.1, 0.15) is 5.75 Å². The molecule has 6 heteroatoms. The summed E-state index contributed by atoms with van der Waals surface area (Å²) in [5, 5.41) is 11.3. The summed E-state index contributed by atoms with van der Waals surface area (Å²) < 4.78 is 5.13. The van der Waals surface area contributed by atoms with Crippen molar-refractivity contribution in [1.29, 1.82) is 0 Å². The van der Waals surface area contributed by atoms with Crippen molar-refractivity contribution in [3.63, 3.8) is 0 Å². The van der Waals surface area contributed by atoms with Gasteiger partial charge in [0.15, 0.2) is 5.69 Å². The first-order valence-electron chi connectivity index (χ1n) is 7.74. The van der Waals surface area contributed by atoms with E-state index in [1.54, 1.807) is 7.11 Å². The minimum atomic E-state index is -0.266. The normalized spacial score (nSPS) is 14.3. The lowest BCUT2D eigenvalue weighted by atomic mass is 9.96. The minimum absolute atomic E-state index is 0.266. The second-order valence-corrected chi connectivity index (χ2v) is 5.60. The molecule has 0 spiro atoms. The number of aromatic amines is 1. The molecule has 23 heavy (non-hydrogen) atoms. The number of benzene rings is 1. The third-order valence-electron chi connectivity index (χ3n) is 4.10. The Bertz CT molecular complexity index is 732. The van der Waals surface area contributed by atoms with E-state index in [9.17, 15) is 4.79 Å². The van der Waals surface area contributed by atoms with Gasteiger partial charge in [0.2, 0.25) is 0 Å². The Morgan fingerprint density at radius 2 is 2.00 bits per heavy atom. The zero-order chi connectivity index (χ0) is 16.2. The van der Waals surface area contributed by atoms with E-state index in [0.29, 0.717) is 5.69 Å². The van der Waals surface area contributed by atoms with Crippen molar-refractivity contribution in [2.24, 2.45) is 5.10 Å². The van der Waals surface area contributed by atoms with Gasteiger partial charge in [-0.25, -0.2) is 5.43 Å². The van der Waals surface area contributed by atoms with Crippen molar-refractivity contribution in [1.82, 2.24) is 15.6 Å². The van der Waals surface area contributed by atoms with Crippen LogP contribution in [0.2, 0.25) is 0 Å². The molecule has 1 amide bonds. The molecule has 0 aliphatic heterocycles. The molecule has 0 radical (unpaired) electrons. The number of hydrazone groups is 1. The van der Waals surface area contributed by atoms with E-state index >= 15 is 0 Å². The fourth-order valence-electron chi connectivity index (χ4n) is 2.75. The number of carbonyl (C=O) groups excluding carboxylic acids is 1. The van der Waals surface area contributed by atoms with Crippen LogP contribution >= 0.6 is 0 Å². The Hall–Kier alpha value is -2.63. The predicted octanol–water partition coefficient (Wildman–Crippen LogP) is 2.45. The fraction of sp³-hybridized carbons (Fsp3) is 0.353. The Balaban J connectivity index is 1.71. The van der Waals surface area contributed by atoms with Crippen LogP contribution in [-0.4, -0.2) is 28.9 Å². The molecule has 1 heterocycles. The van der Waals surface area contributed by atoms with Gasteiger partial charge in [0, 0.05) is 11.3 Å². The Morgan fingerprint density at radius 1 is 1.26 bits per heavy atom. The quantitative estimate of drug-likeness (QED) is 0.672. The van der Waals surface area contributed by atoms with Crippen molar-refractivity contribution in [3.8, 4) is 5.75 Å².